The molecule has 29 heavy (non-hydrogen) atoms. The van der Waals surface area contributed by atoms with Crippen molar-refractivity contribution in [3.05, 3.63) is 30.4 Å². The molecule has 1 saturated heterocycles. The minimum absolute atomic E-state index is 0.360. The third-order valence-corrected chi connectivity index (χ3v) is 5.72. The van der Waals surface area contributed by atoms with Crippen molar-refractivity contribution in [3.8, 4) is 0 Å². The monoisotopic (exact) mass is 414 g/mol. The number of benzene rings is 1. The van der Waals surface area contributed by atoms with Crippen molar-refractivity contribution < 1.29 is 23.9 Å². The van der Waals surface area contributed by atoms with Gasteiger partial charge in [-0.15, -0.1) is 0 Å². The highest BCUT2D eigenvalue weighted by molar-refractivity contribution is 7.58. The highest BCUT2D eigenvalue weighted by atomic mass is 32.1. The maximum Gasteiger partial charge on any atom is 0.329 e. The van der Waals surface area contributed by atoms with Gasteiger partial charge in [0.15, 0.2) is 6.61 Å². The summed E-state index contributed by atoms with van der Waals surface area (Å²) in [5.74, 6) is -2.91. The molecule has 3 aliphatic rings. The van der Waals surface area contributed by atoms with Crippen molar-refractivity contribution in [2.45, 2.75) is 25.8 Å². The molecule has 3 amide bonds. The first-order valence-electron chi connectivity index (χ1n) is 9.17. The van der Waals surface area contributed by atoms with Crippen LogP contribution >= 0.6 is 0 Å². The van der Waals surface area contributed by atoms with Crippen molar-refractivity contribution >= 4 is 52.1 Å². The van der Waals surface area contributed by atoms with Crippen LogP contribution in [0.5, 0.6) is 0 Å². The van der Waals surface area contributed by atoms with Crippen molar-refractivity contribution in [1.82, 2.24) is 4.90 Å². The zero-order chi connectivity index (χ0) is 20.5. The number of nitrogens with zero attached hydrogens (tertiary/aromatic N) is 3. The molecule has 9 nitrogen and oxygen atoms in total. The van der Waals surface area contributed by atoms with Gasteiger partial charge in [-0.2, -0.15) is 8.73 Å². The molecule has 1 N–H and O–H groups in total. The molecule has 0 aromatic heterocycles. The number of allylic oxidation sites excluding steroid dienone is 2. The molecule has 2 heterocycles. The molecule has 0 radical (unpaired) electrons. The van der Waals surface area contributed by atoms with Crippen LogP contribution in [-0.2, 0) is 35.3 Å². The molecule has 3 atom stereocenters. The van der Waals surface area contributed by atoms with E-state index >= 15 is 0 Å². The number of nitrogens with one attached hydrogen (secondary N) is 1. The number of carbonyl (C=O) groups is 4. The summed E-state index contributed by atoms with van der Waals surface area (Å²) < 4.78 is 13.3. The van der Waals surface area contributed by atoms with Gasteiger partial charge in [0.1, 0.15) is 17.4 Å². The topological polar surface area (TPSA) is 118 Å². The third kappa shape index (κ3) is 3.51. The lowest BCUT2D eigenvalue weighted by molar-refractivity contribution is -0.159. The van der Waals surface area contributed by atoms with Crippen molar-refractivity contribution in [3.63, 3.8) is 0 Å². The van der Waals surface area contributed by atoms with Crippen LogP contribution in [0.25, 0.3) is 0 Å². The van der Waals surface area contributed by atoms with Gasteiger partial charge in [0.2, 0.25) is 11.8 Å². The van der Waals surface area contributed by atoms with Crippen LogP contribution in [0.4, 0.5) is 17.1 Å². The van der Waals surface area contributed by atoms with Crippen molar-refractivity contribution in [2.24, 2.45) is 20.6 Å². The second kappa shape index (κ2) is 7.70. The number of likely N-dealkylation sites (tertiary alicyclic amines) is 1. The number of rotatable bonds is 5. The molecule has 10 heteroatoms. The van der Waals surface area contributed by atoms with E-state index in [0.29, 0.717) is 29.9 Å². The van der Waals surface area contributed by atoms with Crippen LogP contribution in [0.2, 0.25) is 0 Å². The zero-order valence-electron chi connectivity index (χ0n) is 15.5. The Kier molecular flexibility index (Phi) is 5.10. The zero-order valence-corrected chi connectivity index (χ0v) is 16.3. The van der Waals surface area contributed by atoms with Crippen LogP contribution in [-0.4, -0.2) is 41.2 Å². The number of carbonyl (C=O) groups excluding carboxylic acids is 4. The van der Waals surface area contributed by atoms with Crippen molar-refractivity contribution in [2.75, 3.05) is 11.9 Å². The number of hydrogen-bond acceptors (Lipinski definition) is 7. The summed E-state index contributed by atoms with van der Waals surface area (Å²) in [7, 11) is 0. The second-order valence-electron chi connectivity index (χ2n) is 6.97. The molecule has 150 valence electrons. The second-order valence-corrected chi connectivity index (χ2v) is 7.50. The van der Waals surface area contributed by atoms with E-state index in [2.05, 4.69) is 14.0 Å². The van der Waals surface area contributed by atoms with Gasteiger partial charge in [-0.1, -0.05) is 18.2 Å². The standard InChI is InChI=1S/C19H18N4O5S/c1-10(23-17(25)11-5-2-3-6-12(11)18(23)26)19(27)28-9-15(24)20-13-7-4-8-14-16(13)22-29-21-14/h2-4,7-8,10-12H,5-6,9H2,1H3,(H,20,24)/t10-,11-,12-/m0/s1. The molecular formula is C19H18N4O5S. The van der Waals surface area contributed by atoms with E-state index in [1.165, 1.54) is 6.92 Å². The molecule has 4 rings (SSSR count). The quantitative estimate of drug-likeness (QED) is 0.457. The lowest BCUT2D eigenvalue weighted by atomic mass is 9.85. The Balaban J connectivity index is 1.34. The van der Waals surface area contributed by atoms with E-state index in [9.17, 15) is 19.2 Å². The third-order valence-electron chi connectivity index (χ3n) is 5.18. The number of anilines is 1. The number of hydrogen-bond donors (Lipinski definition) is 1. The summed E-state index contributed by atoms with van der Waals surface area (Å²) in [6.07, 6.45) is 4.74. The van der Waals surface area contributed by atoms with Gasteiger partial charge in [-0.3, -0.25) is 19.3 Å². The highest BCUT2D eigenvalue weighted by Crippen LogP contribution is 2.38. The minimum Gasteiger partial charge on any atom is -0.454 e. The summed E-state index contributed by atoms with van der Waals surface area (Å²) in [5.41, 5.74) is 1.67. The van der Waals surface area contributed by atoms with Gasteiger partial charge in [0.05, 0.1) is 28.9 Å². The summed E-state index contributed by atoms with van der Waals surface area (Å²) >= 11 is 1.03. The van der Waals surface area contributed by atoms with Gasteiger partial charge >= 0.3 is 5.97 Å². The van der Waals surface area contributed by atoms with E-state index < -0.39 is 36.4 Å². The number of fused-ring (bicyclic) bond motifs is 2. The van der Waals surface area contributed by atoms with Gasteiger partial charge in [-0.05, 0) is 31.9 Å². The average molecular weight is 414 g/mol. The molecule has 1 aromatic rings. The molecular weight excluding hydrogens is 396 g/mol. The summed E-state index contributed by atoms with van der Waals surface area (Å²) in [6, 6.07) is 4.09. The number of amides is 3. The Morgan fingerprint density at radius 2 is 1.90 bits per heavy atom. The molecule has 0 spiro atoms. The molecule has 1 fully saturated rings. The summed E-state index contributed by atoms with van der Waals surface area (Å²) in [6.45, 7) is 0.893. The molecule has 2 aliphatic heterocycles. The SMILES string of the molecule is C[C@@H](C(=O)OCC(=O)Nc1cccc2c1N=S=N2)N1C(=O)[C@H]2CC=CC[C@@H]2C1=O. The maximum absolute atomic E-state index is 12.5. The lowest BCUT2D eigenvalue weighted by Crippen LogP contribution is -2.45. The maximum atomic E-state index is 12.5. The molecule has 1 aromatic carbocycles. The molecule has 0 saturated carbocycles. The summed E-state index contributed by atoms with van der Waals surface area (Å²) in [4.78, 5) is 50.6. The molecule has 1 aliphatic carbocycles. The lowest BCUT2D eigenvalue weighted by Gasteiger charge is -2.21. The number of esters is 1. The van der Waals surface area contributed by atoms with Crippen LogP contribution < -0.4 is 5.32 Å². The smallest absolute Gasteiger partial charge is 0.329 e. The van der Waals surface area contributed by atoms with Gasteiger partial charge < -0.3 is 10.1 Å². The van der Waals surface area contributed by atoms with Crippen LogP contribution in [0.1, 0.15) is 19.8 Å². The largest absolute Gasteiger partial charge is 0.454 e. The predicted octanol–water partition coefficient (Wildman–Crippen LogP) is 2.23. The van der Waals surface area contributed by atoms with E-state index in [0.717, 1.165) is 16.3 Å². The van der Waals surface area contributed by atoms with Gasteiger partial charge in [0, 0.05) is 0 Å². The number of ether oxygens (including phenoxy) is 1. The first kappa shape index (κ1) is 19.2. The van der Waals surface area contributed by atoms with E-state index in [4.69, 9.17) is 4.74 Å². The normalized spacial score (nSPS) is 22.7. The molecule has 0 bridgehead atoms. The fourth-order valence-electron chi connectivity index (χ4n) is 3.66. The summed E-state index contributed by atoms with van der Waals surface area (Å²) in [5, 5.41) is 2.63. The Morgan fingerprint density at radius 3 is 2.59 bits per heavy atom. The van der Waals surface area contributed by atoms with Crippen LogP contribution in [0, 0.1) is 11.8 Å². The Hall–Kier alpha value is -3.14. The first-order valence-corrected chi connectivity index (χ1v) is 9.90. The van der Waals surface area contributed by atoms with E-state index in [1.807, 2.05) is 12.2 Å². The van der Waals surface area contributed by atoms with Crippen molar-refractivity contribution in [1.29, 1.82) is 0 Å². The van der Waals surface area contributed by atoms with E-state index in [-0.39, 0.29) is 11.8 Å². The van der Waals surface area contributed by atoms with Gasteiger partial charge in [-0.25, -0.2) is 4.79 Å². The van der Waals surface area contributed by atoms with Crippen LogP contribution in [0.3, 0.4) is 0 Å². The number of imide groups is 1. The van der Waals surface area contributed by atoms with Gasteiger partial charge in [0.25, 0.3) is 5.91 Å². The Labute approximate surface area is 170 Å². The fraction of sp³-hybridized carbons (Fsp3) is 0.368. The Morgan fingerprint density at radius 1 is 1.21 bits per heavy atom. The van der Waals surface area contributed by atoms with E-state index in [1.54, 1.807) is 18.2 Å². The predicted molar refractivity (Wildman–Crippen MR) is 104 cm³/mol. The van der Waals surface area contributed by atoms with Crippen LogP contribution in [0.15, 0.2) is 39.1 Å². The fourth-order valence-corrected chi connectivity index (χ4v) is 4.21. The molecule has 0 unspecified atom stereocenters. The first-order chi connectivity index (χ1) is 14.0. The highest BCUT2D eigenvalue weighted by Gasteiger charge is 2.50. The average Bonchev–Trinajstić information content (AvgIpc) is 3.30. The minimum atomic E-state index is -1.08. The Bertz CT molecular complexity index is 988.